The van der Waals surface area contributed by atoms with Crippen molar-refractivity contribution in [3.63, 3.8) is 0 Å². The predicted molar refractivity (Wildman–Crippen MR) is 103 cm³/mol. The first-order valence-electron chi connectivity index (χ1n) is 7.68. The summed E-state index contributed by atoms with van der Waals surface area (Å²) in [5, 5.41) is 6.26. The average molecular weight is 314 g/mol. The number of anilines is 2. The van der Waals surface area contributed by atoms with Crippen molar-refractivity contribution in [2.75, 3.05) is 10.6 Å². The minimum atomic E-state index is 0.869. The third-order valence-corrected chi connectivity index (χ3v) is 3.29. The number of benzene rings is 3. The first kappa shape index (κ1) is 15.5. The highest BCUT2D eigenvalue weighted by molar-refractivity contribution is 5.79. The predicted octanol–water partition coefficient (Wildman–Crippen LogP) is 5.23. The van der Waals surface area contributed by atoms with Crippen molar-refractivity contribution in [3.05, 3.63) is 84.9 Å². The molecule has 0 amide bonds. The molecule has 0 aliphatic rings. The minimum absolute atomic E-state index is 0.869. The van der Waals surface area contributed by atoms with Gasteiger partial charge in [-0.15, -0.1) is 0 Å². The van der Waals surface area contributed by atoms with Crippen LogP contribution in [-0.2, 0) is 0 Å². The molecule has 4 nitrogen and oxygen atoms in total. The van der Waals surface area contributed by atoms with Crippen molar-refractivity contribution in [1.82, 2.24) is 0 Å². The van der Waals surface area contributed by atoms with Crippen molar-refractivity contribution < 1.29 is 0 Å². The molecule has 0 heterocycles. The molecule has 4 heteroatoms. The van der Waals surface area contributed by atoms with Crippen LogP contribution < -0.4 is 10.6 Å². The summed E-state index contributed by atoms with van der Waals surface area (Å²) in [6, 6.07) is 27.5. The second-order valence-electron chi connectivity index (χ2n) is 5.05. The number of rotatable bonds is 6. The van der Waals surface area contributed by atoms with Gasteiger partial charge in [0, 0.05) is 11.4 Å². The molecule has 0 atom stereocenters. The highest BCUT2D eigenvalue weighted by Crippen LogP contribution is 2.18. The van der Waals surface area contributed by atoms with E-state index in [1.54, 1.807) is 12.7 Å². The zero-order valence-corrected chi connectivity index (χ0v) is 13.1. The molecule has 0 saturated heterocycles. The van der Waals surface area contributed by atoms with Gasteiger partial charge in [0.05, 0.1) is 24.1 Å². The van der Waals surface area contributed by atoms with E-state index in [0.717, 1.165) is 22.7 Å². The first-order chi connectivity index (χ1) is 11.9. The molecule has 0 unspecified atom stereocenters. The van der Waals surface area contributed by atoms with E-state index in [1.165, 1.54) is 0 Å². The van der Waals surface area contributed by atoms with E-state index in [4.69, 9.17) is 0 Å². The maximum atomic E-state index is 4.37. The average Bonchev–Trinajstić information content (AvgIpc) is 2.65. The molecular weight excluding hydrogens is 296 g/mol. The standard InChI is InChI=1S/C20H18N4/c1-3-7-17(8-4-1)21-15-23-19-11-13-20(14-12-19)24-16-22-18-9-5-2-6-10-18/h1-16H,(H,21,23)(H,22,24). The SMILES string of the molecule is C(=Nc1ccc(N=CNc2ccccc2)cc1)Nc1ccccc1. The number of nitrogens with zero attached hydrogens (tertiary/aromatic N) is 2. The molecule has 24 heavy (non-hydrogen) atoms. The molecule has 0 aromatic heterocycles. The highest BCUT2D eigenvalue weighted by Gasteiger charge is 1.91. The molecule has 0 saturated carbocycles. The second kappa shape index (κ2) is 8.29. The molecular formula is C20H18N4. The first-order valence-corrected chi connectivity index (χ1v) is 7.68. The number of nitrogens with one attached hydrogen (secondary N) is 2. The van der Waals surface area contributed by atoms with Crippen LogP contribution in [0.5, 0.6) is 0 Å². The Hall–Kier alpha value is -3.40. The summed E-state index contributed by atoms with van der Waals surface area (Å²) in [4.78, 5) is 8.73. The van der Waals surface area contributed by atoms with Gasteiger partial charge in [-0.05, 0) is 48.5 Å². The maximum Gasteiger partial charge on any atom is 0.0930 e. The van der Waals surface area contributed by atoms with Gasteiger partial charge in [-0.25, -0.2) is 9.98 Å². The zero-order chi connectivity index (χ0) is 16.5. The van der Waals surface area contributed by atoms with Crippen LogP contribution in [0.25, 0.3) is 0 Å². The summed E-state index contributed by atoms with van der Waals surface area (Å²) >= 11 is 0. The Morgan fingerprint density at radius 2 is 0.875 bits per heavy atom. The summed E-state index contributed by atoms with van der Waals surface area (Å²) in [5.41, 5.74) is 3.76. The highest BCUT2D eigenvalue weighted by atomic mass is 14.9. The smallest absolute Gasteiger partial charge is 0.0930 e. The topological polar surface area (TPSA) is 48.8 Å². The number of aliphatic imine (C=N–C) groups is 2. The van der Waals surface area contributed by atoms with Crippen LogP contribution in [0, 0.1) is 0 Å². The van der Waals surface area contributed by atoms with Crippen LogP contribution in [0.3, 0.4) is 0 Å². The lowest BCUT2D eigenvalue weighted by Crippen LogP contribution is -1.93. The second-order valence-corrected chi connectivity index (χ2v) is 5.05. The number of hydrogen-bond acceptors (Lipinski definition) is 2. The molecule has 0 aliphatic heterocycles. The van der Waals surface area contributed by atoms with Gasteiger partial charge < -0.3 is 10.6 Å². The van der Waals surface area contributed by atoms with E-state index in [9.17, 15) is 0 Å². The summed E-state index contributed by atoms with van der Waals surface area (Å²) in [7, 11) is 0. The lowest BCUT2D eigenvalue weighted by atomic mass is 10.3. The third kappa shape index (κ3) is 4.81. The monoisotopic (exact) mass is 314 g/mol. The fourth-order valence-electron chi connectivity index (χ4n) is 2.06. The minimum Gasteiger partial charge on any atom is -0.346 e. The van der Waals surface area contributed by atoms with Crippen molar-refractivity contribution >= 4 is 35.4 Å². The summed E-state index contributed by atoms with van der Waals surface area (Å²) in [5.74, 6) is 0. The largest absolute Gasteiger partial charge is 0.346 e. The van der Waals surface area contributed by atoms with E-state index >= 15 is 0 Å². The van der Waals surface area contributed by atoms with Crippen molar-refractivity contribution in [1.29, 1.82) is 0 Å². The lowest BCUT2D eigenvalue weighted by Gasteiger charge is -2.00. The van der Waals surface area contributed by atoms with Crippen LogP contribution in [0.2, 0.25) is 0 Å². The normalized spacial score (nSPS) is 11.0. The molecule has 0 spiro atoms. The van der Waals surface area contributed by atoms with Crippen molar-refractivity contribution in [3.8, 4) is 0 Å². The Kier molecular flexibility index (Phi) is 5.35. The molecule has 118 valence electrons. The van der Waals surface area contributed by atoms with Gasteiger partial charge in [-0.1, -0.05) is 36.4 Å². The molecule has 3 aromatic rings. The Balaban J connectivity index is 1.53. The zero-order valence-electron chi connectivity index (χ0n) is 13.1. The van der Waals surface area contributed by atoms with Gasteiger partial charge in [-0.3, -0.25) is 0 Å². The fraction of sp³-hybridized carbons (Fsp3) is 0. The van der Waals surface area contributed by atoms with Crippen LogP contribution in [0.4, 0.5) is 22.7 Å². The molecule has 2 N–H and O–H groups in total. The van der Waals surface area contributed by atoms with Gasteiger partial charge in [0.25, 0.3) is 0 Å². The number of para-hydroxylation sites is 2. The van der Waals surface area contributed by atoms with Crippen molar-refractivity contribution in [2.45, 2.75) is 0 Å². The van der Waals surface area contributed by atoms with Crippen LogP contribution in [-0.4, -0.2) is 12.7 Å². The third-order valence-electron chi connectivity index (χ3n) is 3.29. The van der Waals surface area contributed by atoms with E-state index in [2.05, 4.69) is 20.6 Å². The molecule has 0 bridgehead atoms. The lowest BCUT2D eigenvalue weighted by molar-refractivity contribution is 1.47. The molecule has 3 aromatic carbocycles. The summed E-state index contributed by atoms with van der Waals surface area (Å²) in [6.07, 6.45) is 3.37. The molecule has 3 rings (SSSR count). The van der Waals surface area contributed by atoms with E-state index in [1.807, 2.05) is 84.9 Å². The van der Waals surface area contributed by atoms with Crippen molar-refractivity contribution in [2.24, 2.45) is 9.98 Å². The van der Waals surface area contributed by atoms with Gasteiger partial charge in [0.15, 0.2) is 0 Å². The fourth-order valence-corrected chi connectivity index (χ4v) is 2.06. The van der Waals surface area contributed by atoms with Crippen LogP contribution in [0.15, 0.2) is 94.9 Å². The van der Waals surface area contributed by atoms with Crippen LogP contribution >= 0.6 is 0 Å². The molecule has 0 fully saturated rings. The van der Waals surface area contributed by atoms with E-state index in [-0.39, 0.29) is 0 Å². The molecule has 0 aliphatic carbocycles. The summed E-state index contributed by atoms with van der Waals surface area (Å²) in [6.45, 7) is 0. The van der Waals surface area contributed by atoms with E-state index in [0.29, 0.717) is 0 Å². The molecule has 0 radical (unpaired) electrons. The summed E-state index contributed by atoms with van der Waals surface area (Å²) < 4.78 is 0. The van der Waals surface area contributed by atoms with Gasteiger partial charge in [-0.2, -0.15) is 0 Å². The quantitative estimate of drug-likeness (QED) is 0.483. The van der Waals surface area contributed by atoms with Crippen LogP contribution in [0.1, 0.15) is 0 Å². The Morgan fingerprint density at radius 3 is 1.25 bits per heavy atom. The Bertz CT molecular complexity index is 724. The van der Waals surface area contributed by atoms with Gasteiger partial charge >= 0.3 is 0 Å². The Morgan fingerprint density at radius 1 is 0.500 bits per heavy atom. The Labute approximate surface area is 141 Å². The maximum absolute atomic E-state index is 4.37. The number of hydrogen-bond donors (Lipinski definition) is 2. The van der Waals surface area contributed by atoms with E-state index < -0.39 is 0 Å². The van der Waals surface area contributed by atoms with Gasteiger partial charge in [0.1, 0.15) is 0 Å². The van der Waals surface area contributed by atoms with Gasteiger partial charge in [0.2, 0.25) is 0 Å².